The fourth-order valence-electron chi connectivity index (χ4n) is 4.48. The zero-order valence-electron chi connectivity index (χ0n) is 18.7. The molecule has 0 spiro atoms. The first-order valence-corrected chi connectivity index (χ1v) is 11.2. The van der Waals surface area contributed by atoms with Gasteiger partial charge in [0.25, 0.3) is 11.7 Å². The largest absolute Gasteiger partial charge is 0.507 e. The van der Waals surface area contributed by atoms with Gasteiger partial charge in [0, 0.05) is 35.7 Å². The van der Waals surface area contributed by atoms with Gasteiger partial charge in [-0.1, -0.05) is 17.7 Å². The predicted molar refractivity (Wildman–Crippen MR) is 130 cm³/mol. The Bertz CT molecular complexity index is 1340. The predicted octanol–water partition coefficient (Wildman–Crippen LogP) is 4.50. The third kappa shape index (κ3) is 3.58. The molecule has 1 fully saturated rings. The number of ether oxygens (including phenoxy) is 1. The van der Waals surface area contributed by atoms with Crippen molar-refractivity contribution in [2.75, 3.05) is 30.0 Å². The van der Waals surface area contributed by atoms with Crippen molar-refractivity contribution < 1.29 is 19.4 Å². The highest BCUT2D eigenvalue weighted by molar-refractivity contribution is 6.51. The number of aromatic nitrogens is 1. The number of aliphatic hydroxyl groups is 1. The first kappa shape index (κ1) is 22.0. The third-order valence-corrected chi connectivity index (χ3v) is 6.43. The molecule has 0 aliphatic carbocycles. The summed E-state index contributed by atoms with van der Waals surface area (Å²) < 4.78 is 5.69. The molecule has 2 aliphatic rings. The fourth-order valence-corrected chi connectivity index (χ4v) is 4.70. The highest BCUT2D eigenvalue weighted by Crippen LogP contribution is 2.44. The van der Waals surface area contributed by atoms with Crippen molar-refractivity contribution in [1.82, 2.24) is 4.98 Å². The van der Waals surface area contributed by atoms with E-state index < -0.39 is 17.7 Å². The molecular weight excluding hydrogens is 454 g/mol. The van der Waals surface area contributed by atoms with Crippen molar-refractivity contribution in [1.29, 1.82) is 0 Å². The van der Waals surface area contributed by atoms with Crippen molar-refractivity contribution >= 4 is 40.4 Å². The van der Waals surface area contributed by atoms with Crippen LogP contribution >= 0.6 is 11.6 Å². The summed E-state index contributed by atoms with van der Waals surface area (Å²) in [5.74, 6) is -1.03. The summed E-state index contributed by atoms with van der Waals surface area (Å²) in [5, 5.41) is 11.9. The molecule has 5 rings (SSSR count). The average Bonchev–Trinajstić information content (AvgIpc) is 3.10. The van der Waals surface area contributed by atoms with E-state index in [2.05, 4.69) is 4.98 Å². The quantitative estimate of drug-likeness (QED) is 0.341. The Kier molecular flexibility index (Phi) is 5.49. The first-order valence-electron chi connectivity index (χ1n) is 10.8. The van der Waals surface area contributed by atoms with Gasteiger partial charge in [0.15, 0.2) is 0 Å². The van der Waals surface area contributed by atoms with Crippen LogP contribution in [0.15, 0.2) is 66.5 Å². The maximum Gasteiger partial charge on any atom is 0.300 e. The maximum atomic E-state index is 13.3. The SMILES string of the molecule is Cc1cc(Cl)ccc1N1C(=O)C(=O)/C(=C(\O)c2ccc3c(c2)N(C)CCO3)C1c1cccnc1. The van der Waals surface area contributed by atoms with Crippen LogP contribution in [0.3, 0.4) is 0 Å². The standard InChI is InChI=1S/C26H22ClN3O4/c1-15-12-18(27)6-7-19(15)30-23(17-4-3-9-28-14-17)22(25(32)26(30)33)24(31)16-5-8-21-20(13-16)29(2)10-11-34-21/h3-9,12-14,23,31H,10-11H2,1-2H3/b24-22-. The number of benzene rings is 2. The number of rotatable bonds is 3. The van der Waals surface area contributed by atoms with Crippen LogP contribution in [0.4, 0.5) is 11.4 Å². The summed E-state index contributed by atoms with van der Waals surface area (Å²) in [6.07, 6.45) is 3.21. The summed E-state index contributed by atoms with van der Waals surface area (Å²) >= 11 is 6.13. The Balaban J connectivity index is 1.71. The van der Waals surface area contributed by atoms with E-state index in [1.165, 1.54) is 4.90 Å². The molecule has 1 N–H and O–H groups in total. The van der Waals surface area contributed by atoms with Crippen LogP contribution < -0.4 is 14.5 Å². The van der Waals surface area contributed by atoms with Crippen molar-refractivity contribution in [2.45, 2.75) is 13.0 Å². The normalized spacial score (nSPS) is 19.2. The maximum absolute atomic E-state index is 13.3. The number of carbonyl (C=O) groups is 2. The number of aliphatic hydroxyl groups excluding tert-OH is 1. The van der Waals surface area contributed by atoms with Gasteiger partial charge in [-0.05, 0) is 60.5 Å². The average molecular weight is 476 g/mol. The molecule has 1 aromatic heterocycles. The fraction of sp³-hybridized carbons (Fsp3) is 0.192. The minimum atomic E-state index is -0.849. The molecule has 1 unspecified atom stereocenters. The van der Waals surface area contributed by atoms with Gasteiger partial charge in [-0.25, -0.2) is 0 Å². The van der Waals surface area contributed by atoms with Crippen molar-refractivity contribution in [3.8, 4) is 5.75 Å². The molecule has 1 saturated heterocycles. The Labute approximate surface area is 201 Å². The van der Waals surface area contributed by atoms with Crippen molar-refractivity contribution in [3.63, 3.8) is 0 Å². The molecule has 1 amide bonds. The van der Waals surface area contributed by atoms with E-state index in [0.29, 0.717) is 40.7 Å². The summed E-state index contributed by atoms with van der Waals surface area (Å²) in [6, 6.07) is 13.0. The van der Waals surface area contributed by atoms with Gasteiger partial charge in [-0.15, -0.1) is 0 Å². The van der Waals surface area contributed by atoms with Crippen LogP contribution in [0.25, 0.3) is 5.76 Å². The van der Waals surface area contributed by atoms with Gasteiger partial charge in [-0.2, -0.15) is 0 Å². The minimum Gasteiger partial charge on any atom is -0.507 e. The third-order valence-electron chi connectivity index (χ3n) is 6.19. The van der Waals surface area contributed by atoms with E-state index >= 15 is 0 Å². The van der Waals surface area contributed by atoms with Gasteiger partial charge in [-0.3, -0.25) is 19.5 Å². The molecular formula is C26H22ClN3O4. The zero-order valence-corrected chi connectivity index (χ0v) is 19.4. The molecule has 1 atom stereocenters. The van der Waals surface area contributed by atoms with Gasteiger partial charge in [0.1, 0.15) is 18.1 Å². The first-order chi connectivity index (χ1) is 16.4. The number of likely N-dealkylation sites (N-methyl/N-ethyl adjacent to an activating group) is 1. The lowest BCUT2D eigenvalue weighted by atomic mass is 9.95. The number of halogens is 1. The zero-order chi connectivity index (χ0) is 24.0. The van der Waals surface area contributed by atoms with E-state index in [1.54, 1.807) is 60.9 Å². The highest BCUT2D eigenvalue weighted by Gasteiger charge is 2.47. The molecule has 0 radical (unpaired) electrons. The second-order valence-corrected chi connectivity index (χ2v) is 8.78. The number of carbonyl (C=O) groups excluding carboxylic acids is 2. The number of Topliss-reactive ketones (excluding diaryl/α,β-unsaturated/α-hetero) is 1. The molecule has 0 saturated carbocycles. The smallest absolute Gasteiger partial charge is 0.300 e. The van der Waals surface area contributed by atoms with Crippen LogP contribution in [0.2, 0.25) is 5.02 Å². The number of hydrogen-bond donors (Lipinski definition) is 1. The Morgan fingerprint density at radius 2 is 1.97 bits per heavy atom. The monoisotopic (exact) mass is 475 g/mol. The van der Waals surface area contributed by atoms with Gasteiger partial charge in [0.2, 0.25) is 0 Å². The highest BCUT2D eigenvalue weighted by atomic mass is 35.5. The van der Waals surface area contributed by atoms with Crippen LogP contribution in [0.1, 0.15) is 22.7 Å². The molecule has 2 aromatic carbocycles. The number of ketones is 1. The van der Waals surface area contributed by atoms with Crippen LogP contribution in [0, 0.1) is 6.92 Å². The topological polar surface area (TPSA) is 83.0 Å². The van der Waals surface area contributed by atoms with E-state index in [-0.39, 0.29) is 11.3 Å². The Morgan fingerprint density at radius 3 is 2.71 bits per heavy atom. The van der Waals surface area contributed by atoms with Crippen molar-refractivity contribution in [2.24, 2.45) is 0 Å². The molecule has 172 valence electrons. The minimum absolute atomic E-state index is 0.00619. The number of aryl methyl sites for hydroxylation is 1. The number of pyridine rings is 1. The molecule has 8 heteroatoms. The second kappa shape index (κ2) is 8.50. The molecule has 7 nitrogen and oxygen atoms in total. The van der Waals surface area contributed by atoms with Gasteiger partial charge < -0.3 is 14.7 Å². The lowest BCUT2D eigenvalue weighted by Gasteiger charge is -2.28. The van der Waals surface area contributed by atoms with E-state index in [4.69, 9.17) is 16.3 Å². The van der Waals surface area contributed by atoms with E-state index in [1.807, 2.05) is 18.9 Å². The summed E-state index contributed by atoms with van der Waals surface area (Å²) in [4.78, 5) is 34.2. The summed E-state index contributed by atoms with van der Waals surface area (Å²) in [5.41, 5.74) is 3.11. The van der Waals surface area contributed by atoms with Crippen molar-refractivity contribution in [3.05, 3.63) is 88.2 Å². The van der Waals surface area contributed by atoms with Crippen LogP contribution in [-0.2, 0) is 9.59 Å². The van der Waals surface area contributed by atoms with Crippen LogP contribution in [-0.4, -0.2) is 42.0 Å². The van der Waals surface area contributed by atoms with E-state index in [9.17, 15) is 14.7 Å². The Hall–Kier alpha value is -3.84. The number of amides is 1. The lowest BCUT2D eigenvalue weighted by molar-refractivity contribution is -0.132. The summed E-state index contributed by atoms with van der Waals surface area (Å²) in [7, 11) is 1.93. The summed E-state index contributed by atoms with van der Waals surface area (Å²) in [6.45, 7) is 3.09. The van der Waals surface area contributed by atoms with E-state index in [0.717, 1.165) is 11.3 Å². The number of hydrogen-bond acceptors (Lipinski definition) is 6. The molecule has 3 aromatic rings. The van der Waals surface area contributed by atoms with Gasteiger partial charge >= 0.3 is 0 Å². The molecule has 34 heavy (non-hydrogen) atoms. The molecule has 0 bridgehead atoms. The number of anilines is 2. The van der Waals surface area contributed by atoms with Crippen LogP contribution in [0.5, 0.6) is 5.75 Å². The molecule has 2 aliphatic heterocycles. The second-order valence-electron chi connectivity index (χ2n) is 8.34. The number of nitrogens with zero attached hydrogens (tertiary/aromatic N) is 3. The lowest BCUT2D eigenvalue weighted by Crippen LogP contribution is -2.30. The number of fused-ring (bicyclic) bond motifs is 1. The Morgan fingerprint density at radius 1 is 1.15 bits per heavy atom. The van der Waals surface area contributed by atoms with Gasteiger partial charge in [0.05, 0.1) is 23.8 Å². The molecule has 3 heterocycles.